The molecule has 2 aromatic rings. The molecule has 0 amide bonds. The summed E-state index contributed by atoms with van der Waals surface area (Å²) < 4.78 is 27.6. The Labute approximate surface area is 103 Å². The van der Waals surface area contributed by atoms with Crippen molar-refractivity contribution in [3.63, 3.8) is 0 Å². The maximum atomic E-state index is 13.1. The number of nitrogens with one attached hydrogen (secondary N) is 1. The summed E-state index contributed by atoms with van der Waals surface area (Å²) in [4.78, 5) is 0. The molecule has 1 heterocycles. The van der Waals surface area contributed by atoms with E-state index in [2.05, 4.69) is 10.4 Å². The van der Waals surface area contributed by atoms with Gasteiger partial charge in [0.1, 0.15) is 0 Å². The van der Waals surface area contributed by atoms with Crippen molar-refractivity contribution in [3.8, 4) is 0 Å². The third-order valence-corrected chi connectivity index (χ3v) is 2.66. The van der Waals surface area contributed by atoms with E-state index >= 15 is 0 Å². The van der Waals surface area contributed by atoms with Gasteiger partial charge in [-0.05, 0) is 26.0 Å². The summed E-state index contributed by atoms with van der Waals surface area (Å²) in [7, 11) is 0. The first kappa shape index (κ1) is 12.3. The topological polar surface area (TPSA) is 55.9 Å². The summed E-state index contributed by atoms with van der Waals surface area (Å²) >= 11 is 0. The molecule has 1 aromatic carbocycles. The maximum absolute atomic E-state index is 13.1. The monoisotopic (exact) mass is 252 g/mol. The van der Waals surface area contributed by atoms with Gasteiger partial charge in [-0.15, -0.1) is 0 Å². The SMILES string of the molecule is CCn1nc(C)c(N)c1Nc1ccc(F)c(F)c1. The number of benzene rings is 1. The van der Waals surface area contributed by atoms with Crippen LogP contribution in [0.25, 0.3) is 0 Å². The number of nitrogen functional groups attached to an aromatic ring is 1. The van der Waals surface area contributed by atoms with Crippen LogP contribution in [0.1, 0.15) is 12.6 Å². The van der Waals surface area contributed by atoms with Crippen LogP contribution < -0.4 is 11.1 Å². The van der Waals surface area contributed by atoms with Gasteiger partial charge in [-0.2, -0.15) is 5.10 Å². The molecule has 0 saturated heterocycles. The van der Waals surface area contributed by atoms with Gasteiger partial charge in [0.2, 0.25) is 0 Å². The third-order valence-electron chi connectivity index (χ3n) is 2.66. The Morgan fingerprint density at radius 3 is 2.67 bits per heavy atom. The minimum absolute atomic E-state index is 0.426. The molecule has 2 rings (SSSR count). The maximum Gasteiger partial charge on any atom is 0.160 e. The molecule has 0 aliphatic rings. The van der Waals surface area contributed by atoms with Gasteiger partial charge in [-0.1, -0.05) is 0 Å². The van der Waals surface area contributed by atoms with Crippen molar-refractivity contribution < 1.29 is 8.78 Å². The first-order valence-corrected chi connectivity index (χ1v) is 5.58. The predicted octanol–water partition coefficient (Wildman–Crippen LogP) is 2.82. The number of nitrogens with zero attached hydrogens (tertiary/aromatic N) is 2. The second-order valence-electron chi connectivity index (χ2n) is 3.92. The highest BCUT2D eigenvalue weighted by atomic mass is 19.2. The smallest absolute Gasteiger partial charge is 0.160 e. The van der Waals surface area contributed by atoms with E-state index in [-0.39, 0.29) is 0 Å². The quantitative estimate of drug-likeness (QED) is 0.883. The fourth-order valence-corrected chi connectivity index (χ4v) is 1.67. The largest absolute Gasteiger partial charge is 0.394 e. The molecule has 0 fully saturated rings. The molecular formula is C12H14F2N4. The fraction of sp³-hybridized carbons (Fsp3) is 0.250. The zero-order valence-corrected chi connectivity index (χ0v) is 10.2. The lowest BCUT2D eigenvalue weighted by Gasteiger charge is -2.09. The van der Waals surface area contributed by atoms with Crippen molar-refractivity contribution in [2.45, 2.75) is 20.4 Å². The molecule has 0 unspecified atom stereocenters. The Kier molecular flexibility index (Phi) is 3.18. The molecule has 96 valence electrons. The van der Waals surface area contributed by atoms with Gasteiger partial charge in [0.25, 0.3) is 0 Å². The first-order chi connectivity index (χ1) is 8.52. The van der Waals surface area contributed by atoms with Crippen molar-refractivity contribution in [3.05, 3.63) is 35.5 Å². The van der Waals surface area contributed by atoms with Crippen LogP contribution in [0.5, 0.6) is 0 Å². The van der Waals surface area contributed by atoms with Crippen molar-refractivity contribution in [1.29, 1.82) is 0 Å². The summed E-state index contributed by atoms with van der Waals surface area (Å²) in [6, 6.07) is 3.59. The molecule has 18 heavy (non-hydrogen) atoms. The fourth-order valence-electron chi connectivity index (χ4n) is 1.67. The number of hydrogen-bond donors (Lipinski definition) is 2. The molecule has 0 aliphatic heterocycles. The molecular weight excluding hydrogens is 238 g/mol. The van der Waals surface area contributed by atoms with Gasteiger partial charge in [0, 0.05) is 18.3 Å². The summed E-state index contributed by atoms with van der Waals surface area (Å²) in [6.07, 6.45) is 0. The Morgan fingerprint density at radius 2 is 2.06 bits per heavy atom. The Morgan fingerprint density at radius 1 is 1.33 bits per heavy atom. The number of halogens is 2. The van der Waals surface area contributed by atoms with E-state index in [1.54, 1.807) is 11.6 Å². The van der Waals surface area contributed by atoms with Crippen molar-refractivity contribution >= 4 is 17.2 Å². The lowest BCUT2D eigenvalue weighted by molar-refractivity contribution is 0.509. The molecule has 3 N–H and O–H groups in total. The zero-order valence-electron chi connectivity index (χ0n) is 10.2. The summed E-state index contributed by atoms with van der Waals surface area (Å²) in [5, 5.41) is 7.18. The number of hydrogen-bond acceptors (Lipinski definition) is 3. The van der Waals surface area contributed by atoms with E-state index in [1.807, 2.05) is 6.92 Å². The van der Waals surface area contributed by atoms with Gasteiger partial charge >= 0.3 is 0 Å². The number of anilines is 3. The molecule has 6 heteroatoms. The first-order valence-electron chi connectivity index (χ1n) is 5.58. The highest BCUT2D eigenvalue weighted by molar-refractivity contribution is 5.71. The average molecular weight is 252 g/mol. The van der Waals surface area contributed by atoms with Gasteiger partial charge in [0.05, 0.1) is 11.4 Å². The van der Waals surface area contributed by atoms with E-state index < -0.39 is 11.6 Å². The number of nitrogens with two attached hydrogens (primary N) is 1. The number of rotatable bonds is 3. The molecule has 0 aliphatic carbocycles. The van der Waals surface area contributed by atoms with Crippen LogP contribution in [0.2, 0.25) is 0 Å². The van der Waals surface area contributed by atoms with E-state index in [9.17, 15) is 8.78 Å². The zero-order chi connectivity index (χ0) is 13.3. The van der Waals surface area contributed by atoms with Crippen LogP contribution in [0.15, 0.2) is 18.2 Å². The van der Waals surface area contributed by atoms with E-state index in [1.165, 1.54) is 6.07 Å². The molecule has 1 aromatic heterocycles. The molecule has 0 spiro atoms. The van der Waals surface area contributed by atoms with Crippen LogP contribution in [0, 0.1) is 18.6 Å². The highest BCUT2D eigenvalue weighted by Gasteiger charge is 2.12. The van der Waals surface area contributed by atoms with Crippen molar-refractivity contribution in [2.24, 2.45) is 0 Å². The van der Waals surface area contributed by atoms with Crippen molar-refractivity contribution in [1.82, 2.24) is 9.78 Å². The van der Waals surface area contributed by atoms with Crippen LogP contribution in [-0.2, 0) is 6.54 Å². The normalized spacial score (nSPS) is 10.7. The standard InChI is InChI=1S/C12H14F2N4/c1-3-18-12(11(15)7(2)17-18)16-8-4-5-9(13)10(14)6-8/h4-6,16H,3,15H2,1-2H3. The average Bonchev–Trinajstić information content (AvgIpc) is 2.61. The summed E-state index contributed by atoms with van der Waals surface area (Å²) in [6.45, 7) is 4.34. The Balaban J connectivity index is 2.36. The van der Waals surface area contributed by atoms with Gasteiger partial charge in [-0.3, -0.25) is 0 Å². The lowest BCUT2D eigenvalue weighted by atomic mass is 10.3. The highest BCUT2D eigenvalue weighted by Crippen LogP contribution is 2.26. The Bertz CT molecular complexity index is 578. The van der Waals surface area contributed by atoms with E-state index in [4.69, 9.17) is 5.73 Å². The van der Waals surface area contributed by atoms with Crippen molar-refractivity contribution in [2.75, 3.05) is 11.1 Å². The molecule has 4 nitrogen and oxygen atoms in total. The predicted molar refractivity (Wildman–Crippen MR) is 66.7 cm³/mol. The number of aryl methyl sites for hydroxylation is 2. The minimum Gasteiger partial charge on any atom is -0.394 e. The molecule has 0 bridgehead atoms. The third kappa shape index (κ3) is 2.13. The Hall–Kier alpha value is -2.11. The molecule has 0 saturated carbocycles. The van der Waals surface area contributed by atoms with Gasteiger partial charge in [-0.25, -0.2) is 13.5 Å². The van der Waals surface area contributed by atoms with Crippen LogP contribution in [0.3, 0.4) is 0 Å². The lowest BCUT2D eigenvalue weighted by Crippen LogP contribution is -2.04. The van der Waals surface area contributed by atoms with Gasteiger partial charge < -0.3 is 11.1 Å². The van der Waals surface area contributed by atoms with Crippen LogP contribution >= 0.6 is 0 Å². The van der Waals surface area contributed by atoms with Gasteiger partial charge in [0.15, 0.2) is 17.5 Å². The van der Waals surface area contributed by atoms with Crippen LogP contribution in [-0.4, -0.2) is 9.78 Å². The molecule has 0 radical (unpaired) electrons. The van der Waals surface area contributed by atoms with E-state index in [0.29, 0.717) is 29.4 Å². The second kappa shape index (κ2) is 4.64. The second-order valence-corrected chi connectivity index (χ2v) is 3.92. The summed E-state index contributed by atoms with van der Waals surface area (Å²) in [5.41, 5.74) is 7.50. The van der Waals surface area contributed by atoms with Crippen LogP contribution in [0.4, 0.5) is 26.0 Å². The number of aromatic nitrogens is 2. The summed E-state index contributed by atoms with van der Waals surface area (Å²) in [5.74, 6) is -1.20. The van der Waals surface area contributed by atoms with E-state index in [0.717, 1.165) is 12.1 Å². The minimum atomic E-state index is -0.905. The molecule has 0 atom stereocenters.